The summed E-state index contributed by atoms with van der Waals surface area (Å²) in [6.07, 6.45) is 9.46. The van der Waals surface area contributed by atoms with E-state index < -0.39 is 0 Å². The number of hydrogen-bond donors (Lipinski definition) is 1. The summed E-state index contributed by atoms with van der Waals surface area (Å²) in [5.74, 6) is 0.768. The number of fused-ring (bicyclic) bond motifs is 1. The van der Waals surface area contributed by atoms with Crippen LogP contribution in [0.3, 0.4) is 0 Å². The number of nitrogens with zero attached hydrogens (tertiary/aromatic N) is 2. The van der Waals surface area contributed by atoms with E-state index >= 15 is 0 Å². The van der Waals surface area contributed by atoms with E-state index in [4.69, 9.17) is 10.5 Å². The topological polar surface area (TPSA) is 61.0 Å². The summed E-state index contributed by atoms with van der Waals surface area (Å²) in [5.41, 5.74) is 8.52. The second-order valence-corrected chi connectivity index (χ2v) is 5.32. The number of rotatable bonds is 3. The van der Waals surface area contributed by atoms with Crippen molar-refractivity contribution in [3.8, 4) is 5.88 Å². The first-order valence-corrected chi connectivity index (χ1v) is 6.51. The molecule has 0 radical (unpaired) electrons. The zero-order valence-electron chi connectivity index (χ0n) is 10.1. The molecule has 0 aromatic carbocycles. The average molecular weight is 233 g/mol. The van der Waals surface area contributed by atoms with Crippen LogP contribution in [0.5, 0.6) is 5.88 Å². The van der Waals surface area contributed by atoms with E-state index in [1.807, 2.05) is 0 Å². The molecule has 0 saturated heterocycles. The van der Waals surface area contributed by atoms with Crippen molar-refractivity contribution < 1.29 is 4.74 Å². The summed E-state index contributed by atoms with van der Waals surface area (Å²) >= 11 is 0. The molecule has 0 atom stereocenters. The molecule has 0 aliphatic heterocycles. The van der Waals surface area contributed by atoms with Gasteiger partial charge in [-0.25, -0.2) is 9.97 Å². The maximum absolute atomic E-state index is 6.28. The molecule has 1 aromatic rings. The maximum atomic E-state index is 6.28. The summed E-state index contributed by atoms with van der Waals surface area (Å²) < 4.78 is 5.86. The SMILES string of the molecule is NC1(COc2ncnc3c2CCC3)CCCC1. The van der Waals surface area contributed by atoms with Crippen molar-refractivity contribution in [3.05, 3.63) is 17.6 Å². The van der Waals surface area contributed by atoms with Gasteiger partial charge in [-0.2, -0.15) is 0 Å². The standard InChI is InChI=1S/C13H19N3O/c14-13(6-1-2-7-13)8-17-12-10-4-3-5-11(10)15-9-16-12/h9H,1-8,14H2. The smallest absolute Gasteiger partial charge is 0.219 e. The molecular weight excluding hydrogens is 214 g/mol. The molecule has 92 valence electrons. The Balaban J connectivity index is 1.71. The van der Waals surface area contributed by atoms with Crippen LogP contribution < -0.4 is 10.5 Å². The molecule has 17 heavy (non-hydrogen) atoms. The van der Waals surface area contributed by atoms with Crippen LogP contribution in [0.2, 0.25) is 0 Å². The van der Waals surface area contributed by atoms with Crippen molar-refractivity contribution in [2.75, 3.05) is 6.61 Å². The van der Waals surface area contributed by atoms with Gasteiger partial charge in [0.1, 0.15) is 12.9 Å². The van der Waals surface area contributed by atoms with E-state index in [1.165, 1.54) is 18.4 Å². The molecular formula is C13H19N3O. The molecule has 0 spiro atoms. The van der Waals surface area contributed by atoms with E-state index in [-0.39, 0.29) is 5.54 Å². The lowest BCUT2D eigenvalue weighted by atomic mass is 10.0. The summed E-state index contributed by atoms with van der Waals surface area (Å²) in [5, 5.41) is 0. The van der Waals surface area contributed by atoms with E-state index in [0.29, 0.717) is 6.61 Å². The predicted molar refractivity (Wildman–Crippen MR) is 64.9 cm³/mol. The van der Waals surface area contributed by atoms with E-state index in [0.717, 1.165) is 43.7 Å². The van der Waals surface area contributed by atoms with Crippen molar-refractivity contribution in [1.29, 1.82) is 0 Å². The van der Waals surface area contributed by atoms with Gasteiger partial charge in [0.15, 0.2) is 0 Å². The Labute approximate surface area is 102 Å². The lowest BCUT2D eigenvalue weighted by Gasteiger charge is -2.23. The van der Waals surface area contributed by atoms with Crippen molar-refractivity contribution in [1.82, 2.24) is 9.97 Å². The highest BCUT2D eigenvalue weighted by Gasteiger charge is 2.31. The molecule has 4 nitrogen and oxygen atoms in total. The minimum Gasteiger partial charge on any atom is -0.475 e. The molecule has 2 N–H and O–H groups in total. The van der Waals surface area contributed by atoms with Gasteiger partial charge in [-0.15, -0.1) is 0 Å². The average Bonchev–Trinajstić information content (AvgIpc) is 2.95. The van der Waals surface area contributed by atoms with Crippen LogP contribution in [0.25, 0.3) is 0 Å². The fraction of sp³-hybridized carbons (Fsp3) is 0.692. The molecule has 2 aliphatic carbocycles. The molecule has 1 heterocycles. The molecule has 0 bridgehead atoms. The Morgan fingerprint density at radius 1 is 1.18 bits per heavy atom. The fourth-order valence-corrected chi connectivity index (χ4v) is 2.89. The third-order valence-electron chi connectivity index (χ3n) is 3.93. The van der Waals surface area contributed by atoms with Crippen LogP contribution in [0.1, 0.15) is 43.4 Å². The number of nitrogens with two attached hydrogens (primary N) is 1. The van der Waals surface area contributed by atoms with Gasteiger partial charge in [-0.3, -0.25) is 0 Å². The lowest BCUT2D eigenvalue weighted by Crippen LogP contribution is -2.42. The van der Waals surface area contributed by atoms with Crippen molar-refractivity contribution in [3.63, 3.8) is 0 Å². The van der Waals surface area contributed by atoms with Gasteiger partial charge in [-0.1, -0.05) is 12.8 Å². The molecule has 0 amide bonds. The first-order chi connectivity index (χ1) is 8.27. The molecule has 2 aliphatic rings. The Hall–Kier alpha value is -1.16. The molecule has 1 saturated carbocycles. The number of hydrogen-bond acceptors (Lipinski definition) is 4. The highest BCUT2D eigenvalue weighted by molar-refractivity contribution is 5.33. The molecule has 1 aromatic heterocycles. The minimum atomic E-state index is -0.129. The first kappa shape index (κ1) is 11.0. The summed E-state index contributed by atoms with van der Waals surface area (Å²) in [6, 6.07) is 0. The molecule has 4 heteroatoms. The first-order valence-electron chi connectivity index (χ1n) is 6.51. The van der Waals surface area contributed by atoms with Crippen LogP contribution in [-0.4, -0.2) is 22.1 Å². The van der Waals surface area contributed by atoms with Crippen LogP contribution in [0.15, 0.2) is 6.33 Å². The van der Waals surface area contributed by atoms with Gasteiger partial charge in [0.25, 0.3) is 0 Å². The predicted octanol–water partition coefficient (Wildman–Crippen LogP) is 1.62. The van der Waals surface area contributed by atoms with Gasteiger partial charge in [-0.05, 0) is 32.1 Å². The monoisotopic (exact) mass is 233 g/mol. The van der Waals surface area contributed by atoms with Gasteiger partial charge in [0.2, 0.25) is 5.88 Å². The van der Waals surface area contributed by atoms with Crippen molar-refractivity contribution in [2.24, 2.45) is 5.73 Å². The molecule has 1 fully saturated rings. The second kappa shape index (κ2) is 4.26. The Kier molecular flexibility index (Phi) is 2.74. The van der Waals surface area contributed by atoms with Crippen molar-refractivity contribution >= 4 is 0 Å². The minimum absolute atomic E-state index is 0.129. The van der Waals surface area contributed by atoms with Gasteiger partial charge < -0.3 is 10.5 Å². The van der Waals surface area contributed by atoms with E-state index in [1.54, 1.807) is 6.33 Å². The highest BCUT2D eigenvalue weighted by atomic mass is 16.5. The molecule has 3 rings (SSSR count). The maximum Gasteiger partial charge on any atom is 0.219 e. The molecule has 0 unspecified atom stereocenters. The van der Waals surface area contributed by atoms with Crippen LogP contribution in [0, 0.1) is 0 Å². The largest absolute Gasteiger partial charge is 0.475 e. The van der Waals surface area contributed by atoms with Gasteiger partial charge in [0.05, 0.1) is 11.2 Å². The van der Waals surface area contributed by atoms with E-state index in [9.17, 15) is 0 Å². The zero-order valence-corrected chi connectivity index (χ0v) is 10.1. The Morgan fingerprint density at radius 3 is 2.82 bits per heavy atom. The highest BCUT2D eigenvalue weighted by Crippen LogP contribution is 2.30. The van der Waals surface area contributed by atoms with Crippen LogP contribution in [0.4, 0.5) is 0 Å². The quantitative estimate of drug-likeness (QED) is 0.861. The summed E-state index contributed by atoms with van der Waals surface area (Å²) in [7, 11) is 0. The third-order valence-corrected chi connectivity index (χ3v) is 3.93. The van der Waals surface area contributed by atoms with Crippen LogP contribution in [-0.2, 0) is 12.8 Å². The number of aromatic nitrogens is 2. The number of aryl methyl sites for hydroxylation is 1. The Bertz CT molecular complexity index is 413. The Morgan fingerprint density at radius 2 is 2.00 bits per heavy atom. The fourth-order valence-electron chi connectivity index (χ4n) is 2.89. The second-order valence-electron chi connectivity index (χ2n) is 5.32. The van der Waals surface area contributed by atoms with Gasteiger partial charge in [0, 0.05) is 5.56 Å². The lowest BCUT2D eigenvalue weighted by molar-refractivity contribution is 0.211. The van der Waals surface area contributed by atoms with Gasteiger partial charge >= 0.3 is 0 Å². The normalized spacial score (nSPS) is 21.5. The summed E-state index contributed by atoms with van der Waals surface area (Å²) in [6.45, 7) is 0.594. The van der Waals surface area contributed by atoms with Crippen molar-refractivity contribution in [2.45, 2.75) is 50.5 Å². The summed E-state index contributed by atoms with van der Waals surface area (Å²) in [4.78, 5) is 8.55. The zero-order chi connectivity index (χ0) is 11.7. The van der Waals surface area contributed by atoms with Crippen LogP contribution >= 0.6 is 0 Å². The van der Waals surface area contributed by atoms with E-state index in [2.05, 4.69) is 9.97 Å². The third kappa shape index (κ3) is 2.14. The number of ether oxygens (including phenoxy) is 1.